The molecule has 0 atom stereocenters. The number of hydrogen-bond acceptors (Lipinski definition) is 6. The first kappa shape index (κ1) is 20.6. The highest BCUT2D eigenvalue weighted by molar-refractivity contribution is 7.82. The van der Waals surface area contributed by atoms with E-state index in [1.54, 1.807) is 6.07 Å². The Morgan fingerprint density at radius 1 is 1.03 bits per heavy atom. The largest absolute Gasteiger partial charge is 0.507 e. The molecule has 0 saturated carbocycles. The van der Waals surface area contributed by atoms with Gasteiger partial charge in [-0.3, -0.25) is 9.59 Å². The fourth-order valence-electron chi connectivity index (χ4n) is 2.79. The third-order valence-electron chi connectivity index (χ3n) is 4.32. The van der Waals surface area contributed by atoms with Gasteiger partial charge in [0.05, 0.1) is 15.8 Å². The number of fused-ring (bicyclic) bond motifs is 1. The molecular formula is C22H14FN3O3S2. The smallest absolute Gasteiger partial charge is 0.283 e. The van der Waals surface area contributed by atoms with Crippen LogP contribution in [0.1, 0.15) is 10.4 Å². The summed E-state index contributed by atoms with van der Waals surface area (Å²) in [5.41, 5.74) is 1.80. The Morgan fingerprint density at radius 2 is 1.77 bits per heavy atom. The molecule has 6 nitrogen and oxygen atoms in total. The third-order valence-corrected chi connectivity index (χ3v) is 5.68. The van der Waals surface area contributed by atoms with Gasteiger partial charge in [-0.1, -0.05) is 24.4 Å². The number of thiocarbonyl (C=S) groups is 1. The Labute approximate surface area is 185 Å². The number of phenols is 1. The quantitative estimate of drug-likeness (QED) is 0.315. The van der Waals surface area contributed by atoms with E-state index >= 15 is 0 Å². The average molecular weight is 452 g/mol. The highest BCUT2D eigenvalue weighted by atomic mass is 32.1. The number of aromatic hydroxyl groups is 1. The van der Waals surface area contributed by atoms with Gasteiger partial charge in [0.1, 0.15) is 16.6 Å². The number of nitrogens with zero attached hydrogens (tertiary/aromatic N) is 1. The van der Waals surface area contributed by atoms with Crippen LogP contribution < -0.4 is 10.6 Å². The molecule has 1 heterocycles. The van der Waals surface area contributed by atoms with Crippen molar-refractivity contribution in [3.05, 3.63) is 78.1 Å². The summed E-state index contributed by atoms with van der Waals surface area (Å²) >= 11 is 6.41. The Balaban J connectivity index is 1.49. The third kappa shape index (κ3) is 4.57. The number of para-hydroxylation sites is 1. The van der Waals surface area contributed by atoms with E-state index in [4.69, 9.17) is 12.2 Å². The summed E-state index contributed by atoms with van der Waals surface area (Å²) in [6, 6.07) is 17.0. The summed E-state index contributed by atoms with van der Waals surface area (Å²) in [6.45, 7) is 0. The van der Waals surface area contributed by atoms with Crippen molar-refractivity contribution in [1.29, 1.82) is 0 Å². The van der Waals surface area contributed by atoms with Gasteiger partial charge in [-0.15, -0.1) is 11.3 Å². The maximum Gasteiger partial charge on any atom is 0.283 e. The molecule has 3 aromatic carbocycles. The molecule has 0 bridgehead atoms. The number of anilines is 1. The minimum absolute atomic E-state index is 0.0178. The molecule has 2 amide bonds. The molecule has 31 heavy (non-hydrogen) atoms. The fourth-order valence-corrected chi connectivity index (χ4v) is 3.93. The van der Waals surface area contributed by atoms with E-state index in [2.05, 4.69) is 15.6 Å². The molecule has 3 N–H and O–H groups in total. The van der Waals surface area contributed by atoms with E-state index in [-0.39, 0.29) is 16.3 Å². The molecular weight excluding hydrogens is 437 g/mol. The SMILES string of the molecule is O=C(Nc1ccc(O)c(-c2nc3ccccc3s2)c1)C(=S)NC(=O)c1ccc(F)cc1. The molecule has 0 spiro atoms. The van der Waals surface area contributed by atoms with Gasteiger partial charge in [0, 0.05) is 11.3 Å². The van der Waals surface area contributed by atoms with Crippen LogP contribution in [0.5, 0.6) is 5.75 Å². The number of thiazole rings is 1. The van der Waals surface area contributed by atoms with Crippen LogP contribution in [0.4, 0.5) is 10.1 Å². The van der Waals surface area contributed by atoms with Crippen LogP contribution in [0.2, 0.25) is 0 Å². The number of phenolic OH excluding ortho intramolecular Hbond substituents is 1. The van der Waals surface area contributed by atoms with E-state index in [9.17, 15) is 19.1 Å². The second-order valence-corrected chi connectivity index (χ2v) is 7.90. The first-order valence-electron chi connectivity index (χ1n) is 9.02. The highest BCUT2D eigenvalue weighted by Crippen LogP contribution is 2.36. The predicted molar refractivity (Wildman–Crippen MR) is 122 cm³/mol. The monoisotopic (exact) mass is 451 g/mol. The van der Waals surface area contributed by atoms with Gasteiger partial charge in [-0.25, -0.2) is 9.37 Å². The van der Waals surface area contributed by atoms with E-state index in [1.807, 2.05) is 24.3 Å². The van der Waals surface area contributed by atoms with Crippen LogP contribution in [-0.2, 0) is 4.79 Å². The van der Waals surface area contributed by atoms with E-state index in [0.717, 1.165) is 22.3 Å². The lowest BCUT2D eigenvalue weighted by Crippen LogP contribution is -2.37. The summed E-state index contributed by atoms with van der Waals surface area (Å²) in [6.07, 6.45) is 0. The van der Waals surface area contributed by atoms with E-state index in [1.165, 1.54) is 35.6 Å². The van der Waals surface area contributed by atoms with Crippen molar-refractivity contribution in [3.63, 3.8) is 0 Å². The standard InChI is InChI=1S/C22H14FN3O3S2/c23-13-7-5-12(6-8-13)19(28)26-21(30)20(29)24-14-9-10-17(27)15(11-14)22-25-16-3-1-2-4-18(16)31-22/h1-11,27H,(H,24,29)(H,26,28,30). The second kappa shape index (κ2) is 8.58. The van der Waals surface area contributed by atoms with Crippen molar-refractivity contribution in [3.8, 4) is 16.3 Å². The Bertz CT molecular complexity index is 1290. The molecule has 0 radical (unpaired) electrons. The molecule has 4 rings (SSSR count). The number of rotatable bonds is 3. The van der Waals surface area contributed by atoms with Crippen LogP contribution >= 0.6 is 23.6 Å². The molecule has 0 saturated heterocycles. The van der Waals surface area contributed by atoms with Gasteiger partial charge >= 0.3 is 0 Å². The number of benzene rings is 3. The normalized spacial score (nSPS) is 10.6. The number of halogens is 1. The maximum atomic E-state index is 13.0. The van der Waals surface area contributed by atoms with Crippen LogP contribution in [0.15, 0.2) is 66.7 Å². The minimum Gasteiger partial charge on any atom is -0.507 e. The van der Waals surface area contributed by atoms with E-state index in [0.29, 0.717) is 16.3 Å². The molecule has 154 valence electrons. The van der Waals surface area contributed by atoms with Crippen LogP contribution in [0.3, 0.4) is 0 Å². The maximum absolute atomic E-state index is 13.0. The number of nitrogens with one attached hydrogen (secondary N) is 2. The van der Waals surface area contributed by atoms with Crippen LogP contribution in [0, 0.1) is 5.82 Å². The van der Waals surface area contributed by atoms with Gasteiger partial charge < -0.3 is 15.7 Å². The first-order valence-corrected chi connectivity index (χ1v) is 10.2. The molecule has 4 aromatic rings. The van der Waals surface area contributed by atoms with Gasteiger partial charge in [0.2, 0.25) is 0 Å². The number of carbonyl (C=O) groups excluding carboxylic acids is 2. The molecule has 0 fully saturated rings. The van der Waals surface area contributed by atoms with Gasteiger partial charge in [-0.05, 0) is 54.6 Å². The topological polar surface area (TPSA) is 91.3 Å². The Morgan fingerprint density at radius 3 is 2.52 bits per heavy atom. The number of hydrogen-bond donors (Lipinski definition) is 3. The number of aromatic nitrogens is 1. The fraction of sp³-hybridized carbons (Fsp3) is 0. The number of amides is 2. The lowest BCUT2D eigenvalue weighted by molar-refractivity contribution is -0.110. The first-order chi connectivity index (χ1) is 14.9. The zero-order chi connectivity index (χ0) is 22.0. The lowest BCUT2D eigenvalue weighted by atomic mass is 10.2. The molecule has 0 unspecified atom stereocenters. The minimum atomic E-state index is -0.702. The summed E-state index contributed by atoms with van der Waals surface area (Å²) in [5.74, 6) is -1.79. The zero-order valence-corrected chi connectivity index (χ0v) is 17.4. The van der Waals surface area contributed by atoms with Crippen LogP contribution in [0.25, 0.3) is 20.8 Å². The van der Waals surface area contributed by atoms with E-state index < -0.39 is 17.6 Å². The zero-order valence-electron chi connectivity index (χ0n) is 15.8. The van der Waals surface area contributed by atoms with Crippen molar-refractivity contribution in [2.24, 2.45) is 0 Å². The van der Waals surface area contributed by atoms with Gasteiger partial charge in [0.25, 0.3) is 11.8 Å². The van der Waals surface area contributed by atoms with Crippen molar-refractivity contribution in [2.45, 2.75) is 0 Å². The predicted octanol–water partition coefficient (Wildman–Crippen LogP) is 4.50. The molecule has 1 aromatic heterocycles. The van der Waals surface area contributed by atoms with Crippen molar-refractivity contribution < 1.29 is 19.1 Å². The van der Waals surface area contributed by atoms with Gasteiger partial charge in [-0.2, -0.15) is 0 Å². The van der Waals surface area contributed by atoms with Crippen molar-refractivity contribution >= 4 is 56.3 Å². The molecule has 0 aliphatic rings. The van der Waals surface area contributed by atoms with Gasteiger partial charge in [0.15, 0.2) is 4.99 Å². The number of carbonyl (C=O) groups is 2. The van der Waals surface area contributed by atoms with Crippen LogP contribution in [-0.4, -0.2) is 26.9 Å². The molecule has 9 heteroatoms. The second-order valence-electron chi connectivity index (χ2n) is 6.46. The Kier molecular flexibility index (Phi) is 5.70. The summed E-state index contributed by atoms with van der Waals surface area (Å²) in [5, 5.41) is 15.8. The summed E-state index contributed by atoms with van der Waals surface area (Å²) < 4.78 is 14.0. The lowest BCUT2D eigenvalue weighted by Gasteiger charge is -2.10. The van der Waals surface area contributed by atoms with Crippen molar-refractivity contribution in [2.75, 3.05) is 5.32 Å². The molecule has 0 aliphatic carbocycles. The highest BCUT2D eigenvalue weighted by Gasteiger charge is 2.16. The molecule has 0 aliphatic heterocycles. The summed E-state index contributed by atoms with van der Waals surface area (Å²) in [4.78, 5) is 28.7. The Hall–Kier alpha value is -3.69. The summed E-state index contributed by atoms with van der Waals surface area (Å²) in [7, 11) is 0. The van der Waals surface area contributed by atoms with Crippen molar-refractivity contribution in [1.82, 2.24) is 10.3 Å². The average Bonchev–Trinajstić information content (AvgIpc) is 3.19.